The van der Waals surface area contributed by atoms with Crippen molar-refractivity contribution < 1.29 is 14.6 Å². The smallest absolute Gasteiger partial charge is 0.200 e. The van der Waals surface area contributed by atoms with E-state index in [-0.39, 0.29) is 22.9 Å². The van der Waals surface area contributed by atoms with Crippen molar-refractivity contribution in [1.82, 2.24) is 0 Å². The van der Waals surface area contributed by atoms with E-state index in [9.17, 15) is 15.0 Å². The molecule has 0 radical (unpaired) electrons. The second-order valence-electron chi connectivity index (χ2n) is 5.64. The number of aliphatic hydroxyl groups is 2. The molecule has 2 aliphatic rings. The van der Waals surface area contributed by atoms with Crippen molar-refractivity contribution in [3.8, 4) is 0 Å². The van der Waals surface area contributed by atoms with Gasteiger partial charge in [-0.2, -0.15) is 0 Å². The van der Waals surface area contributed by atoms with E-state index in [1.165, 1.54) is 6.08 Å². The number of allylic oxidation sites excluding steroid dienone is 3. The first-order valence-electron chi connectivity index (χ1n) is 7.21. The molecule has 0 saturated carbocycles. The quantitative estimate of drug-likeness (QED) is 0.778. The van der Waals surface area contributed by atoms with E-state index < -0.39 is 0 Å². The van der Waals surface area contributed by atoms with Crippen LogP contribution in [-0.2, 0) is 6.42 Å². The van der Waals surface area contributed by atoms with E-state index in [1.807, 2.05) is 12.1 Å². The molecule has 4 nitrogen and oxygen atoms in total. The average Bonchev–Trinajstić information content (AvgIpc) is 2.68. The average molecular weight is 294 g/mol. The van der Waals surface area contributed by atoms with Gasteiger partial charge in [0.05, 0.1) is 10.9 Å². The Labute approximate surface area is 126 Å². The van der Waals surface area contributed by atoms with Crippen LogP contribution in [0.15, 0.2) is 62.7 Å². The van der Waals surface area contributed by atoms with Gasteiger partial charge in [-0.15, -0.1) is 0 Å². The zero-order chi connectivity index (χ0) is 15.3. The molecule has 1 atom stereocenters. The van der Waals surface area contributed by atoms with Gasteiger partial charge in [-0.05, 0) is 42.4 Å². The molecule has 4 rings (SSSR count). The third kappa shape index (κ3) is 1.88. The fourth-order valence-corrected chi connectivity index (χ4v) is 3.10. The topological polar surface area (TPSA) is 70.7 Å². The highest BCUT2D eigenvalue weighted by Crippen LogP contribution is 2.34. The number of hydrogen-bond donors (Lipinski definition) is 2. The third-order valence-electron chi connectivity index (χ3n) is 4.26. The second kappa shape index (κ2) is 4.63. The van der Waals surface area contributed by atoms with Crippen LogP contribution in [0.2, 0.25) is 0 Å². The number of aliphatic hydroxyl groups excluding tert-OH is 2. The Bertz CT molecular complexity index is 928. The van der Waals surface area contributed by atoms with E-state index >= 15 is 0 Å². The maximum atomic E-state index is 12.7. The first kappa shape index (κ1) is 13.0. The highest BCUT2D eigenvalue weighted by atomic mass is 16.3. The number of aryl methyl sites for hydroxylation is 1. The molecule has 0 bridgehead atoms. The van der Waals surface area contributed by atoms with E-state index in [1.54, 1.807) is 24.3 Å². The van der Waals surface area contributed by atoms with Crippen LogP contribution in [-0.4, -0.2) is 10.2 Å². The number of rotatable bonds is 0. The summed E-state index contributed by atoms with van der Waals surface area (Å²) in [6.07, 6.45) is 6.23. The number of para-hydroxylation sites is 1. The van der Waals surface area contributed by atoms with Crippen LogP contribution in [0.4, 0.5) is 0 Å². The van der Waals surface area contributed by atoms with Crippen LogP contribution in [0.5, 0.6) is 0 Å². The van der Waals surface area contributed by atoms with Gasteiger partial charge in [-0.1, -0.05) is 12.1 Å². The molecule has 22 heavy (non-hydrogen) atoms. The standard InChI is InChI=1S/C18H14O4/c19-14-8-10-5-6-17-13(7-11(10)9-15(14)20)18(21)12-3-1-2-4-16(12)22-17/h1-4,7-10,19-20H,5-6H2. The van der Waals surface area contributed by atoms with Crippen molar-refractivity contribution in [3.63, 3.8) is 0 Å². The van der Waals surface area contributed by atoms with Crippen molar-refractivity contribution in [2.75, 3.05) is 0 Å². The van der Waals surface area contributed by atoms with Gasteiger partial charge in [0, 0.05) is 12.3 Å². The maximum absolute atomic E-state index is 12.7. The van der Waals surface area contributed by atoms with Crippen LogP contribution >= 0.6 is 0 Å². The van der Waals surface area contributed by atoms with Gasteiger partial charge in [0.2, 0.25) is 0 Å². The van der Waals surface area contributed by atoms with E-state index in [2.05, 4.69) is 0 Å². The van der Waals surface area contributed by atoms with Crippen LogP contribution in [0.3, 0.4) is 0 Å². The lowest BCUT2D eigenvalue weighted by Crippen LogP contribution is -2.08. The minimum atomic E-state index is -0.170. The second-order valence-corrected chi connectivity index (χ2v) is 5.64. The molecule has 110 valence electrons. The lowest BCUT2D eigenvalue weighted by molar-refractivity contribution is 0.317. The van der Waals surface area contributed by atoms with Gasteiger partial charge in [0.1, 0.15) is 11.3 Å². The molecule has 2 aliphatic carbocycles. The lowest BCUT2D eigenvalue weighted by Gasteiger charge is -2.17. The Morgan fingerprint density at radius 3 is 2.77 bits per heavy atom. The summed E-state index contributed by atoms with van der Waals surface area (Å²) >= 11 is 0. The van der Waals surface area contributed by atoms with Gasteiger partial charge in [0.25, 0.3) is 0 Å². The van der Waals surface area contributed by atoms with E-state index in [4.69, 9.17) is 4.42 Å². The zero-order valence-electron chi connectivity index (χ0n) is 11.7. The number of hydrogen-bond acceptors (Lipinski definition) is 4. The zero-order valence-corrected chi connectivity index (χ0v) is 11.7. The van der Waals surface area contributed by atoms with E-state index in [0.29, 0.717) is 35.1 Å². The molecule has 0 aliphatic heterocycles. The van der Waals surface area contributed by atoms with Crippen molar-refractivity contribution in [1.29, 1.82) is 0 Å². The first-order valence-corrected chi connectivity index (χ1v) is 7.21. The third-order valence-corrected chi connectivity index (χ3v) is 4.26. The monoisotopic (exact) mass is 294 g/mol. The molecule has 0 spiro atoms. The summed E-state index contributed by atoms with van der Waals surface area (Å²) in [7, 11) is 0. The summed E-state index contributed by atoms with van der Waals surface area (Å²) in [6.45, 7) is 0. The summed E-state index contributed by atoms with van der Waals surface area (Å²) in [5.74, 6) is 0.348. The minimum Gasteiger partial charge on any atom is -0.504 e. The Kier molecular flexibility index (Phi) is 2.73. The first-order chi connectivity index (χ1) is 10.6. The summed E-state index contributed by atoms with van der Waals surface area (Å²) in [5.41, 5.74) is 1.88. The molecule has 1 unspecified atom stereocenters. The highest BCUT2D eigenvalue weighted by molar-refractivity contribution is 5.80. The predicted molar refractivity (Wildman–Crippen MR) is 83.7 cm³/mol. The van der Waals surface area contributed by atoms with Crippen molar-refractivity contribution in [2.45, 2.75) is 12.8 Å². The molecule has 0 fully saturated rings. The SMILES string of the molecule is O=c1c2c(oc3ccccc13)CCC1C=C(O)C(O)=CC1=C2. The van der Waals surface area contributed by atoms with Gasteiger partial charge in [-0.25, -0.2) is 0 Å². The molecule has 4 heteroatoms. The molecule has 1 aromatic heterocycles. The van der Waals surface area contributed by atoms with Gasteiger partial charge in [-0.3, -0.25) is 4.79 Å². The molecule has 2 N–H and O–H groups in total. The molecule has 1 heterocycles. The Balaban J connectivity index is 1.97. The van der Waals surface area contributed by atoms with Crippen molar-refractivity contribution >= 4 is 17.0 Å². The van der Waals surface area contributed by atoms with Crippen LogP contribution in [0.25, 0.3) is 17.0 Å². The molecule has 0 amide bonds. The fraction of sp³-hybridized carbons (Fsp3) is 0.167. The molecule has 2 aromatic rings. The Hall–Kier alpha value is -2.75. The fourth-order valence-electron chi connectivity index (χ4n) is 3.10. The maximum Gasteiger partial charge on any atom is 0.200 e. The number of benzene rings is 1. The van der Waals surface area contributed by atoms with Crippen molar-refractivity contribution in [2.24, 2.45) is 5.92 Å². The van der Waals surface area contributed by atoms with Gasteiger partial charge in [0.15, 0.2) is 16.9 Å². The van der Waals surface area contributed by atoms with Crippen molar-refractivity contribution in [3.05, 3.63) is 75.1 Å². The summed E-state index contributed by atoms with van der Waals surface area (Å²) in [5, 5.41) is 19.9. The summed E-state index contributed by atoms with van der Waals surface area (Å²) < 4.78 is 5.89. The molecular weight excluding hydrogens is 280 g/mol. The Morgan fingerprint density at radius 2 is 1.91 bits per heavy atom. The number of fused-ring (bicyclic) bond motifs is 3. The summed E-state index contributed by atoms with van der Waals surface area (Å²) in [6, 6.07) is 7.20. The molecular formula is C18H14O4. The Morgan fingerprint density at radius 1 is 1.09 bits per heavy atom. The largest absolute Gasteiger partial charge is 0.504 e. The van der Waals surface area contributed by atoms with Gasteiger partial charge < -0.3 is 14.6 Å². The van der Waals surface area contributed by atoms with Crippen LogP contribution in [0, 0.1) is 5.92 Å². The lowest BCUT2D eigenvalue weighted by atomic mass is 9.90. The minimum absolute atomic E-state index is 0.0268. The van der Waals surface area contributed by atoms with Crippen LogP contribution in [0.1, 0.15) is 17.7 Å². The molecule has 0 saturated heterocycles. The summed E-state index contributed by atoms with van der Waals surface area (Å²) in [4.78, 5) is 12.7. The predicted octanol–water partition coefficient (Wildman–Crippen LogP) is 3.64. The van der Waals surface area contributed by atoms with Gasteiger partial charge >= 0.3 is 0 Å². The van der Waals surface area contributed by atoms with E-state index in [0.717, 1.165) is 5.57 Å². The normalized spacial score (nSPS) is 20.4. The molecule has 1 aromatic carbocycles. The highest BCUT2D eigenvalue weighted by Gasteiger charge is 2.25. The van der Waals surface area contributed by atoms with Crippen LogP contribution < -0.4 is 5.43 Å².